The van der Waals surface area contributed by atoms with Gasteiger partial charge in [0.1, 0.15) is 5.60 Å². The highest BCUT2D eigenvalue weighted by Crippen LogP contribution is 2.19. The number of halogens is 1. The molecule has 0 aliphatic heterocycles. The van der Waals surface area contributed by atoms with Crippen molar-refractivity contribution in [3.8, 4) is 0 Å². The van der Waals surface area contributed by atoms with Gasteiger partial charge in [-0.15, -0.1) is 0 Å². The minimum atomic E-state index is -1.02. The standard InChI is InChI=1S/C15H18ClNO4/c1-15(2,3)21-14(20)17-8-4-5-10-9-11(13(18)19)6-7-12(10)16/h4-7,9H,8H2,1-3H3,(H,17,20)(H,18,19). The van der Waals surface area contributed by atoms with E-state index in [2.05, 4.69) is 5.32 Å². The van der Waals surface area contributed by atoms with Crippen molar-refractivity contribution in [1.29, 1.82) is 0 Å². The van der Waals surface area contributed by atoms with Gasteiger partial charge in [-0.05, 0) is 44.5 Å². The van der Waals surface area contributed by atoms with Crippen molar-refractivity contribution >= 4 is 29.7 Å². The third-order valence-corrected chi connectivity index (χ3v) is 2.65. The number of hydrogen-bond acceptors (Lipinski definition) is 3. The zero-order chi connectivity index (χ0) is 16.0. The van der Waals surface area contributed by atoms with Crippen LogP contribution in [0.3, 0.4) is 0 Å². The molecule has 0 unspecified atom stereocenters. The van der Waals surface area contributed by atoms with Crippen molar-refractivity contribution in [2.75, 3.05) is 6.54 Å². The Bertz CT molecular complexity index is 561. The normalized spacial score (nSPS) is 11.4. The summed E-state index contributed by atoms with van der Waals surface area (Å²) in [6, 6.07) is 4.42. The molecule has 0 saturated carbocycles. The maximum Gasteiger partial charge on any atom is 0.407 e. The first kappa shape index (κ1) is 17.0. The van der Waals surface area contributed by atoms with Crippen molar-refractivity contribution in [2.24, 2.45) is 0 Å². The molecule has 0 bridgehead atoms. The Balaban J connectivity index is 2.60. The van der Waals surface area contributed by atoms with Crippen molar-refractivity contribution in [3.63, 3.8) is 0 Å². The van der Waals surface area contributed by atoms with Gasteiger partial charge in [0.15, 0.2) is 0 Å². The molecule has 2 N–H and O–H groups in total. The maximum atomic E-state index is 11.4. The van der Waals surface area contributed by atoms with Gasteiger partial charge in [0.05, 0.1) is 5.56 Å². The highest BCUT2D eigenvalue weighted by atomic mass is 35.5. The first-order chi connectivity index (χ1) is 9.69. The number of carbonyl (C=O) groups excluding carboxylic acids is 1. The lowest BCUT2D eigenvalue weighted by atomic mass is 10.1. The van der Waals surface area contributed by atoms with E-state index in [1.165, 1.54) is 18.2 Å². The molecule has 1 aromatic carbocycles. The highest BCUT2D eigenvalue weighted by molar-refractivity contribution is 6.32. The molecule has 0 aromatic heterocycles. The molecular formula is C15H18ClNO4. The summed E-state index contributed by atoms with van der Waals surface area (Å²) in [7, 11) is 0. The van der Waals surface area contributed by atoms with Gasteiger partial charge < -0.3 is 15.2 Å². The number of aromatic carboxylic acids is 1. The summed E-state index contributed by atoms with van der Waals surface area (Å²) in [4.78, 5) is 22.3. The molecule has 6 heteroatoms. The number of hydrogen-bond donors (Lipinski definition) is 2. The van der Waals surface area contributed by atoms with Crippen LogP contribution >= 0.6 is 11.6 Å². The molecule has 0 heterocycles. The fourth-order valence-electron chi connectivity index (χ4n) is 1.45. The number of alkyl carbamates (subject to hydrolysis) is 1. The Hall–Kier alpha value is -2.01. The number of carboxylic acid groups (broad SMARTS) is 1. The van der Waals surface area contributed by atoms with Crippen molar-refractivity contribution in [1.82, 2.24) is 5.32 Å². The van der Waals surface area contributed by atoms with E-state index in [1.54, 1.807) is 32.9 Å². The molecule has 0 aliphatic carbocycles. The van der Waals surface area contributed by atoms with Crippen LogP contribution < -0.4 is 5.32 Å². The summed E-state index contributed by atoms with van der Waals surface area (Å²) >= 11 is 5.97. The number of amides is 1. The van der Waals surface area contributed by atoms with Crippen LogP contribution in [0, 0.1) is 0 Å². The summed E-state index contributed by atoms with van der Waals surface area (Å²) in [5, 5.41) is 11.9. The number of ether oxygens (including phenoxy) is 1. The molecule has 0 radical (unpaired) electrons. The SMILES string of the molecule is CC(C)(C)OC(=O)NCC=Cc1cc(C(=O)O)ccc1Cl. The minimum absolute atomic E-state index is 0.152. The second-order valence-corrected chi connectivity index (χ2v) is 5.73. The van der Waals surface area contributed by atoms with Gasteiger partial charge in [0.2, 0.25) is 0 Å². The third kappa shape index (κ3) is 6.31. The van der Waals surface area contributed by atoms with Gasteiger partial charge in [-0.25, -0.2) is 9.59 Å². The predicted molar refractivity (Wildman–Crippen MR) is 81.7 cm³/mol. The summed E-state index contributed by atoms with van der Waals surface area (Å²) in [6.07, 6.45) is 2.79. The van der Waals surface area contributed by atoms with E-state index < -0.39 is 17.7 Å². The van der Waals surface area contributed by atoms with E-state index in [4.69, 9.17) is 21.4 Å². The summed E-state index contributed by atoms with van der Waals surface area (Å²) < 4.78 is 5.08. The Morgan fingerprint density at radius 2 is 2.05 bits per heavy atom. The lowest BCUT2D eigenvalue weighted by Gasteiger charge is -2.19. The average Bonchev–Trinajstić information content (AvgIpc) is 2.34. The summed E-state index contributed by atoms with van der Waals surface area (Å²) in [5.41, 5.74) is 0.175. The topological polar surface area (TPSA) is 75.6 Å². The molecule has 0 spiro atoms. The second kappa shape index (κ2) is 7.13. The van der Waals surface area contributed by atoms with E-state index >= 15 is 0 Å². The second-order valence-electron chi connectivity index (χ2n) is 5.33. The van der Waals surface area contributed by atoms with E-state index in [1.807, 2.05) is 0 Å². The Labute approximate surface area is 128 Å². The van der Waals surface area contributed by atoms with Crippen LogP contribution in [0.1, 0.15) is 36.7 Å². The average molecular weight is 312 g/mol. The van der Waals surface area contributed by atoms with Crippen LogP contribution in [-0.2, 0) is 4.74 Å². The van der Waals surface area contributed by atoms with Gasteiger partial charge in [0.25, 0.3) is 0 Å². The number of carbonyl (C=O) groups is 2. The molecule has 1 aromatic rings. The molecule has 0 fully saturated rings. The van der Waals surface area contributed by atoms with Crippen molar-refractivity contribution < 1.29 is 19.4 Å². The van der Waals surface area contributed by atoms with Gasteiger partial charge in [-0.2, -0.15) is 0 Å². The monoisotopic (exact) mass is 311 g/mol. The first-order valence-electron chi connectivity index (χ1n) is 6.35. The van der Waals surface area contributed by atoms with Gasteiger partial charge >= 0.3 is 12.1 Å². The number of nitrogens with one attached hydrogen (secondary N) is 1. The van der Waals surface area contributed by atoms with Crippen molar-refractivity contribution in [2.45, 2.75) is 26.4 Å². The van der Waals surface area contributed by atoms with Crippen molar-refractivity contribution in [3.05, 3.63) is 40.4 Å². The Morgan fingerprint density at radius 1 is 1.38 bits per heavy atom. The van der Waals surface area contributed by atoms with E-state index in [9.17, 15) is 9.59 Å². The highest BCUT2D eigenvalue weighted by Gasteiger charge is 2.15. The maximum absolute atomic E-state index is 11.4. The van der Waals surface area contributed by atoms with Crippen LogP contribution in [0.15, 0.2) is 24.3 Å². The zero-order valence-corrected chi connectivity index (χ0v) is 12.9. The van der Waals surface area contributed by atoms with Crippen LogP contribution in [-0.4, -0.2) is 29.3 Å². The summed E-state index contributed by atoms with van der Waals surface area (Å²) in [5.74, 6) is -1.02. The quantitative estimate of drug-likeness (QED) is 0.891. The van der Waals surface area contributed by atoms with Crippen LogP contribution in [0.25, 0.3) is 6.08 Å². The molecule has 0 atom stereocenters. The smallest absolute Gasteiger partial charge is 0.407 e. The molecule has 114 valence electrons. The Morgan fingerprint density at radius 3 is 2.62 bits per heavy atom. The molecule has 21 heavy (non-hydrogen) atoms. The van der Waals surface area contributed by atoms with Crippen LogP contribution in [0.4, 0.5) is 4.79 Å². The van der Waals surface area contributed by atoms with E-state index in [-0.39, 0.29) is 12.1 Å². The first-order valence-corrected chi connectivity index (χ1v) is 6.73. The largest absolute Gasteiger partial charge is 0.478 e. The third-order valence-electron chi connectivity index (χ3n) is 2.30. The molecule has 0 saturated heterocycles. The van der Waals surface area contributed by atoms with Crippen LogP contribution in [0.5, 0.6) is 0 Å². The van der Waals surface area contributed by atoms with E-state index in [0.717, 1.165) is 0 Å². The fraction of sp³-hybridized carbons (Fsp3) is 0.333. The van der Waals surface area contributed by atoms with Gasteiger partial charge in [0, 0.05) is 11.6 Å². The number of rotatable bonds is 4. The lowest BCUT2D eigenvalue weighted by Crippen LogP contribution is -2.32. The molecular weight excluding hydrogens is 294 g/mol. The number of benzene rings is 1. The molecule has 1 amide bonds. The molecule has 0 aliphatic rings. The van der Waals surface area contributed by atoms with Gasteiger partial charge in [-0.1, -0.05) is 23.8 Å². The van der Waals surface area contributed by atoms with E-state index in [0.29, 0.717) is 10.6 Å². The van der Waals surface area contributed by atoms with Crippen LogP contribution in [0.2, 0.25) is 5.02 Å². The lowest BCUT2D eigenvalue weighted by molar-refractivity contribution is 0.0533. The molecule has 5 nitrogen and oxygen atoms in total. The minimum Gasteiger partial charge on any atom is -0.478 e. The Kier molecular flexibility index (Phi) is 5.79. The zero-order valence-electron chi connectivity index (χ0n) is 12.1. The fourth-order valence-corrected chi connectivity index (χ4v) is 1.63. The number of carboxylic acids is 1. The molecule has 1 rings (SSSR count). The summed E-state index contributed by atoms with van der Waals surface area (Å²) in [6.45, 7) is 5.58. The van der Waals surface area contributed by atoms with Gasteiger partial charge in [-0.3, -0.25) is 0 Å². The predicted octanol–water partition coefficient (Wildman–Crippen LogP) is 3.58.